The van der Waals surface area contributed by atoms with Gasteiger partial charge in [-0.3, -0.25) is 4.79 Å². The number of aromatic nitrogens is 1. The van der Waals surface area contributed by atoms with E-state index in [-0.39, 0.29) is 0 Å². The predicted octanol–water partition coefficient (Wildman–Crippen LogP) is 5.61. The van der Waals surface area contributed by atoms with Crippen molar-refractivity contribution in [2.45, 2.75) is 6.54 Å². The third kappa shape index (κ3) is 2.97. The lowest BCUT2D eigenvalue weighted by atomic mass is 10.0. The predicted molar refractivity (Wildman–Crippen MR) is 119 cm³/mol. The smallest absolute Gasteiger partial charge is 0.249 e. The average Bonchev–Trinajstić information content (AvgIpc) is 3.08. The Morgan fingerprint density at radius 3 is 2.24 bits per heavy atom. The molecule has 2 N–H and O–H groups in total. The van der Waals surface area contributed by atoms with E-state index in [2.05, 4.69) is 71.3 Å². The maximum atomic E-state index is 12.0. The first-order valence-electron chi connectivity index (χ1n) is 9.66. The molecule has 0 aliphatic carbocycles. The number of hydrogen-bond acceptors (Lipinski definition) is 1. The van der Waals surface area contributed by atoms with E-state index in [4.69, 9.17) is 5.73 Å². The van der Waals surface area contributed by atoms with Gasteiger partial charge < -0.3 is 10.3 Å². The number of fused-ring (bicyclic) bond motifs is 3. The molecule has 1 amide bonds. The van der Waals surface area contributed by atoms with Crippen molar-refractivity contribution in [1.29, 1.82) is 0 Å². The van der Waals surface area contributed by atoms with Crippen LogP contribution in [0, 0.1) is 0 Å². The third-order valence-electron chi connectivity index (χ3n) is 5.44. The standard InChI is InChI=1S/C26H20N2O/c27-26(29)22-13-7-15-24-25(22)21-12-4-5-14-23(21)28(24)17-18-8-6-11-20(16-18)19-9-2-1-3-10-19/h1-16H,17H2,(H2,27,29). The molecule has 0 bridgehead atoms. The molecule has 0 fully saturated rings. The van der Waals surface area contributed by atoms with Crippen LogP contribution in [-0.2, 0) is 6.54 Å². The molecular weight excluding hydrogens is 356 g/mol. The lowest BCUT2D eigenvalue weighted by Crippen LogP contribution is -2.11. The zero-order valence-corrected chi connectivity index (χ0v) is 15.9. The number of rotatable bonds is 4. The van der Waals surface area contributed by atoms with Crippen LogP contribution in [0.2, 0.25) is 0 Å². The third-order valence-corrected chi connectivity index (χ3v) is 5.44. The molecule has 0 aliphatic rings. The second-order valence-corrected chi connectivity index (χ2v) is 7.23. The molecule has 0 atom stereocenters. The minimum Gasteiger partial charge on any atom is -0.366 e. The minimum absolute atomic E-state index is 0.399. The largest absolute Gasteiger partial charge is 0.366 e. The van der Waals surface area contributed by atoms with E-state index >= 15 is 0 Å². The maximum absolute atomic E-state index is 12.0. The van der Waals surface area contributed by atoms with E-state index in [0.29, 0.717) is 12.1 Å². The van der Waals surface area contributed by atoms with Gasteiger partial charge in [-0.25, -0.2) is 0 Å². The van der Waals surface area contributed by atoms with Gasteiger partial charge in [0.15, 0.2) is 0 Å². The Labute approximate surface area is 169 Å². The Bertz CT molecular complexity index is 1350. The van der Waals surface area contributed by atoms with Crippen LogP contribution in [0.3, 0.4) is 0 Å². The molecule has 0 spiro atoms. The summed E-state index contributed by atoms with van der Waals surface area (Å²) in [5.74, 6) is -0.399. The van der Waals surface area contributed by atoms with Gasteiger partial charge in [0, 0.05) is 28.4 Å². The van der Waals surface area contributed by atoms with Crippen LogP contribution in [-0.4, -0.2) is 10.5 Å². The van der Waals surface area contributed by atoms with Crippen molar-refractivity contribution >= 4 is 27.7 Å². The molecule has 0 aliphatic heterocycles. The first-order valence-corrected chi connectivity index (χ1v) is 9.66. The number of carbonyl (C=O) groups excluding carboxylic acids is 1. The van der Waals surface area contributed by atoms with Gasteiger partial charge >= 0.3 is 0 Å². The highest BCUT2D eigenvalue weighted by molar-refractivity contribution is 6.17. The fourth-order valence-corrected chi connectivity index (χ4v) is 4.14. The highest BCUT2D eigenvalue weighted by atomic mass is 16.1. The van der Waals surface area contributed by atoms with Crippen LogP contribution < -0.4 is 5.73 Å². The molecule has 0 saturated heterocycles. The summed E-state index contributed by atoms with van der Waals surface area (Å²) in [5.41, 5.74) is 12.0. The molecule has 29 heavy (non-hydrogen) atoms. The van der Waals surface area contributed by atoms with Gasteiger partial charge in [0.05, 0.1) is 5.52 Å². The number of hydrogen-bond donors (Lipinski definition) is 1. The number of para-hydroxylation sites is 1. The summed E-state index contributed by atoms with van der Waals surface area (Å²) in [6.45, 7) is 0.715. The summed E-state index contributed by atoms with van der Waals surface area (Å²) >= 11 is 0. The Morgan fingerprint density at radius 2 is 1.41 bits per heavy atom. The molecule has 0 unspecified atom stereocenters. The molecule has 3 nitrogen and oxygen atoms in total. The summed E-state index contributed by atoms with van der Waals surface area (Å²) < 4.78 is 2.27. The monoisotopic (exact) mass is 376 g/mol. The van der Waals surface area contributed by atoms with Gasteiger partial charge in [-0.2, -0.15) is 0 Å². The molecule has 1 heterocycles. The number of amides is 1. The van der Waals surface area contributed by atoms with Gasteiger partial charge in [0.2, 0.25) is 5.91 Å². The van der Waals surface area contributed by atoms with Gasteiger partial charge in [0.25, 0.3) is 0 Å². The van der Waals surface area contributed by atoms with Gasteiger partial charge in [-0.15, -0.1) is 0 Å². The molecule has 0 saturated carbocycles. The maximum Gasteiger partial charge on any atom is 0.249 e. The number of carbonyl (C=O) groups is 1. The van der Waals surface area contributed by atoms with Crippen molar-refractivity contribution in [3.63, 3.8) is 0 Å². The van der Waals surface area contributed by atoms with Crippen LogP contribution >= 0.6 is 0 Å². The lowest BCUT2D eigenvalue weighted by molar-refractivity contribution is 0.100. The van der Waals surface area contributed by atoms with Crippen molar-refractivity contribution in [3.8, 4) is 11.1 Å². The Balaban J connectivity index is 1.68. The second-order valence-electron chi connectivity index (χ2n) is 7.23. The molecule has 4 aromatic carbocycles. The van der Waals surface area contributed by atoms with Crippen molar-refractivity contribution in [2.24, 2.45) is 5.73 Å². The highest BCUT2D eigenvalue weighted by Crippen LogP contribution is 2.32. The van der Waals surface area contributed by atoms with Crippen LogP contribution in [0.15, 0.2) is 97.1 Å². The van der Waals surface area contributed by atoms with Crippen LogP contribution in [0.25, 0.3) is 32.9 Å². The molecule has 140 valence electrons. The highest BCUT2D eigenvalue weighted by Gasteiger charge is 2.16. The Hall–Kier alpha value is -3.85. The van der Waals surface area contributed by atoms with Crippen LogP contribution in [0.1, 0.15) is 15.9 Å². The molecule has 0 radical (unpaired) electrons. The zero-order chi connectivity index (χ0) is 19.8. The summed E-state index contributed by atoms with van der Waals surface area (Å²) in [6, 6.07) is 32.9. The van der Waals surface area contributed by atoms with Gasteiger partial charge in [-0.05, 0) is 41.0 Å². The Morgan fingerprint density at radius 1 is 0.724 bits per heavy atom. The molecule has 5 aromatic rings. The van der Waals surface area contributed by atoms with E-state index in [1.807, 2.05) is 24.3 Å². The average molecular weight is 376 g/mol. The van der Waals surface area contributed by atoms with E-state index in [0.717, 1.165) is 21.8 Å². The number of nitrogens with zero attached hydrogens (tertiary/aromatic N) is 1. The molecule has 1 aromatic heterocycles. The second kappa shape index (κ2) is 6.95. The summed E-state index contributed by atoms with van der Waals surface area (Å²) in [6.07, 6.45) is 0. The molecule has 3 heteroatoms. The SMILES string of the molecule is NC(=O)c1cccc2c1c1ccccc1n2Cc1cccc(-c2ccccc2)c1. The number of primary amides is 1. The van der Waals surface area contributed by atoms with Gasteiger partial charge in [0.1, 0.15) is 0 Å². The van der Waals surface area contributed by atoms with Gasteiger partial charge in [-0.1, -0.05) is 72.8 Å². The molecule has 5 rings (SSSR count). The summed E-state index contributed by atoms with van der Waals surface area (Å²) in [4.78, 5) is 12.0. The van der Waals surface area contributed by atoms with E-state index in [9.17, 15) is 4.79 Å². The van der Waals surface area contributed by atoms with Crippen LogP contribution in [0.5, 0.6) is 0 Å². The van der Waals surface area contributed by atoms with Crippen molar-refractivity contribution in [2.75, 3.05) is 0 Å². The minimum atomic E-state index is -0.399. The first kappa shape index (κ1) is 17.3. The fraction of sp³-hybridized carbons (Fsp3) is 0.0385. The zero-order valence-electron chi connectivity index (χ0n) is 15.9. The normalized spacial score (nSPS) is 11.2. The van der Waals surface area contributed by atoms with E-state index in [1.54, 1.807) is 6.07 Å². The summed E-state index contributed by atoms with van der Waals surface area (Å²) in [5, 5.41) is 1.98. The topological polar surface area (TPSA) is 48.0 Å². The van der Waals surface area contributed by atoms with Crippen LogP contribution in [0.4, 0.5) is 0 Å². The van der Waals surface area contributed by atoms with Crippen molar-refractivity contribution < 1.29 is 4.79 Å². The summed E-state index contributed by atoms with van der Waals surface area (Å²) in [7, 11) is 0. The lowest BCUT2D eigenvalue weighted by Gasteiger charge is -2.10. The van der Waals surface area contributed by atoms with E-state index < -0.39 is 5.91 Å². The van der Waals surface area contributed by atoms with Crippen molar-refractivity contribution in [3.05, 3.63) is 108 Å². The van der Waals surface area contributed by atoms with Crippen molar-refractivity contribution in [1.82, 2.24) is 4.57 Å². The molecular formula is C26H20N2O. The number of nitrogens with two attached hydrogens (primary N) is 1. The number of benzene rings is 4. The van der Waals surface area contributed by atoms with E-state index in [1.165, 1.54) is 16.7 Å². The Kier molecular flexibility index (Phi) is 4.14. The fourth-order valence-electron chi connectivity index (χ4n) is 4.14. The first-order chi connectivity index (χ1) is 14.2. The quantitative estimate of drug-likeness (QED) is 0.435.